The molecule has 6 nitrogen and oxygen atoms in total. The highest BCUT2D eigenvalue weighted by Crippen LogP contribution is 2.21. The van der Waals surface area contributed by atoms with Crippen molar-refractivity contribution in [3.05, 3.63) is 52.2 Å². The molecule has 3 aromatic rings. The summed E-state index contributed by atoms with van der Waals surface area (Å²) in [7, 11) is 0. The topological polar surface area (TPSA) is 73.0 Å². The lowest BCUT2D eigenvalue weighted by atomic mass is 10.2. The van der Waals surface area contributed by atoms with Crippen LogP contribution < -0.4 is 5.32 Å². The third-order valence-corrected chi connectivity index (χ3v) is 5.29. The number of nitrogens with zero attached hydrogens (tertiary/aromatic N) is 3. The quantitative estimate of drug-likeness (QED) is 0.587. The summed E-state index contributed by atoms with van der Waals surface area (Å²) in [6.45, 7) is 6.72. The van der Waals surface area contributed by atoms with E-state index in [9.17, 15) is 4.79 Å². The molecule has 0 aromatic carbocycles. The summed E-state index contributed by atoms with van der Waals surface area (Å²) in [6, 6.07) is 5.70. The Morgan fingerprint density at radius 2 is 2.15 bits per heavy atom. The fourth-order valence-corrected chi connectivity index (χ4v) is 3.71. The van der Waals surface area contributed by atoms with Gasteiger partial charge < -0.3 is 8.98 Å². The first-order valence-electron chi connectivity index (χ1n) is 8.91. The largest absolute Gasteiger partial charge is 0.467 e. The predicted molar refractivity (Wildman–Crippen MR) is 103 cm³/mol. The van der Waals surface area contributed by atoms with Gasteiger partial charge in [0.05, 0.1) is 18.4 Å². The van der Waals surface area contributed by atoms with E-state index in [1.165, 1.54) is 24.2 Å². The number of carbonyl (C=O) groups excluding carboxylic acids is 1. The molecule has 0 atom stereocenters. The number of hydrogen-bond acceptors (Lipinski definition) is 5. The zero-order chi connectivity index (χ0) is 18.5. The average Bonchev–Trinajstić information content (AvgIpc) is 3.33. The third-order valence-electron chi connectivity index (χ3n) is 4.39. The number of nitrogens with one attached hydrogen (secondary N) is 1. The molecule has 0 spiro atoms. The van der Waals surface area contributed by atoms with Gasteiger partial charge in [-0.15, -0.1) is 10.2 Å². The second kappa shape index (κ2) is 8.31. The molecule has 0 aliphatic rings. The molecular formula is C19H24N4O2S. The number of rotatable bonds is 8. The summed E-state index contributed by atoms with van der Waals surface area (Å²) in [5.74, 6) is 0.708. The number of unbranched alkanes of at least 4 members (excludes halogenated alkanes) is 2. The van der Waals surface area contributed by atoms with Gasteiger partial charge in [-0.25, -0.2) is 0 Å². The summed E-state index contributed by atoms with van der Waals surface area (Å²) in [5.41, 5.74) is 2.57. The predicted octanol–water partition coefficient (Wildman–Crippen LogP) is 4.58. The van der Waals surface area contributed by atoms with Crippen LogP contribution in [-0.4, -0.2) is 20.7 Å². The first-order chi connectivity index (χ1) is 12.6. The standard InChI is InChI=1S/C19H24N4O2S/c1-4-5-6-9-17-21-22-19(26-17)20-18(24)16-11-13(2)23(14(16)3)12-15-8-7-10-25-15/h7-8,10-11H,4-6,9,12H2,1-3H3,(H,20,22,24). The minimum absolute atomic E-state index is 0.153. The molecule has 1 N–H and O–H groups in total. The van der Waals surface area contributed by atoms with E-state index in [0.29, 0.717) is 17.2 Å². The van der Waals surface area contributed by atoms with Gasteiger partial charge in [-0.05, 0) is 38.5 Å². The smallest absolute Gasteiger partial charge is 0.259 e. The monoisotopic (exact) mass is 372 g/mol. The van der Waals surface area contributed by atoms with Crippen molar-refractivity contribution in [2.45, 2.75) is 53.0 Å². The van der Waals surface area contributed by atoms with Crippen LogP contribution >= 0.6 is 11.3 Å². The number of carbonyl (C=O) groups is 1. The highest BCUT2D eigenvalue weighted by Gasteiger charge is 2.18. The van der Waals surface area contributed by atoms with Crippen molar-refractivity contribution in [3.63, 3.8) is 0 Å². The molecule has 7 heteroatoms. The Balaban J connectivity index is 1.68. The molecule has 0 unspecified atom stereocenters. The van der Waals surface area contributed by atoms with E-state index in [0.717, 1.165) is 35.0 Å². The zero-order valence-electron chi connectivity index (χ0n) is 15.4. The van der Waals surface area contributed by atoms with E-state index in [4.69, 9.17) is 4.42 Å². The van der Waals surface area contributed by atoms with Crippen LogP contribution in [-0.2, 0) is 13.0 Å². The maximum Gasteiger partial charge on any atom is 0.259 e. The Morgan fingerprint density at radius 3 is 2.88 bits per heavy atom. The Labute approximate surface area is 157 Å². The summed E-state index contributed by atoms with van der Waals surface area (Å²) in [4.78, 5) is 12.7. The van der Waals surface area contributed by atoms with Gasteiger partial charge in [0.15, 0.2) is 0 Å². The van der Waals surface area contributed by atoms with Gasteiger partial charge in [0.2, 0.25) is 5.13 Å². The van der Waals surface area contributed by atoms with Crippen molar-refractivity contribution >= 4 is 22.4 Å². The van der Waals surface area contributed by atoms with E-state index in [1.54, 1.807) is 6.26 Å². The summed E-state index contributed by atoms with van der Waals surface area (Å²) < 4.78 is 7.49. The van der Waals surface area contributed by atoms with Gasteiger partial charge in [-0.2, -0.15) is 0 Å². The van der Waals surface area contributed by atoms with Crippen LogP contribution in [0.15, 0.2) is 28.9 Å². The van der Waals surface area contributed by atoms with Crippen LogP contribution in [0.4, 0.5) is 5.13 Å². The molecule has 1 amide bonds. The minimum Gasteiger partial charge on any atom is -0.467 e. The molecule has 0 aliphatic heterocycles. The van der Waals surface area contributed by atoms with Crippen molar-refractivity contribution in [2.75, 3.05) is 5.32 Å². The molecule has 0 saturated heterocycles. The lowest BCUT2D eigenvalue weighted by Gasteiger charge is -2.07. The maximum atomic E-state index is 12.7. The van der Waals surface area contributed by atoms with Crippen LogP contribution in [0, 0.1) is 13.8 Å². The second-order valence-corrected chi connectivity index (χ2v) is 7.42. The molecule has 0 saturated carbocycles. The van der Waals surface area contributed by atoms with E-state index in [1.807, 2.05) is 32.0 Å². The van der Waals surface area contributed by atoms with E-state index in [2.05, 4.69) is 27.0 Å². The van der Waals surface area contributed by atoms with Crippen molar-refractivity contribution in [3.8, 4) is 0 Å². The molecule has 3 heterocycles. The van der Waals surface area contributed by atoms with Gasteiger partial charge in [0.25, 0.3) is 5.91 Å². The van der Waals surface area contributed by atoms with Crippen LogP contribution in [0.1, 0.15) is 58.7 Å². The molecule has 0 radical (unpaired) electrons. The van der Waals surface area contributed by atoms with E-state index in [-0.39, 0.29) is 5.91 Å². The molecule has 26 heavy (non-hydrogen) atoms. The van der Waals surface area contributed by atoms with Crippen LogP contribution in [0.2, 0.25) is 0 Å². The zero-order valence-corrected chi connectivity index (χ0v) is 16.2. The summed E-state index contributed by atoms with van der Waals surface area (Å²) >= 11 is 1.45. The minimum atomic E-state index is -0.153. The maximum absolute atomic E-state index is 12.7. The molecule has 0 fully saturated rings. The van der Waals surface area contributed by atoms with Crippen molar-refractivity contribution < 1.29 is 9.21 Å². The number of hydrogen-bond donors (Lipinski definition) is 1. The molecule has 138 valence electrons. The molecule has 0 aliphatic carbocycles. The lowest BCUT2D eigenvalue weighted by molar-refractivity contribution is 0.102. The summed E-state index contributed by atoms with van der Waals surface area (Å²) in [5, 5.41) is 12.7. The molecule has 3 rings (SSSR count). The Morgan fingerprint density at radius 1 is 1.31 bits per heavy atom. The van der Waals surface area contributed by atoms with Gasteiger partial charge >= 0.3 is 0 Å². The summed E-state index contributed by atoms with van der Waals surface area (Å²) in [6.07, 6.45) is 6.04. The van der Waals surface area contributed by atoms with Crippen molar-refractivity contribution in [2.24, 2.45) is 0 Å². The average molecular weight is 372 g/mol. The Bertz CT molecular complexity index is 864. The number of aromatic nitrogens is 3. The van der Waals surface area contributed by atoms with Crippen LogP contribution in [0.25, 0.3) is 0 Å². The SMILES string of the molecule is CCCCCc1nnc(NC(=O)c2cc(C)n(Cc3ccco3)c2C)s1. The van der Waals surface area contributed by atoms with Gasteiger partial charge in [-0.3, -0.25) is 10.1 Å². The second-order valence-electron chi connectivity index (χ2n) is 6.36. The van der Waals surface area contributed by atoms with Gasteiger partial charge in [-0.1, -0.05) is 31.1 Å². The number of aryl methyl sites for hydroxylation is 2. The normalized spacial score (nSPS) is 11.0. The number of amides is 1. The van der Waals surface area contributed by atoms with E-state index < -0.39 is 0 Å². The molecule has 3 aromatic heterocycles. The fraction of sp³-hybridized carbons (Fsp3) is 0.421. The Kier molecular flexibility index (Phi) is 5.88. The van der Waals surface area contributed by atoms with Crippen LogP contribution in [0.5, 0.6) is 0 Å². The van der Waals surface area contributed by atoms with Crippen LogP contribution in [0.3, 0.4) is 0 Å². The van der Waals surface area contributed by atoms with E-state index >= 15 is 0 Å². The molecule has 0 bridgehead atoms. The van der Waals surface area contributed by atoms with Crippen molar-refractivity contribution in [1.82, 2.24) is 14.8 Å². The molecular weight excluding hydrogens is 348 g/mol. The fourth-order valence-electron chi connectivity index (χ4n) is 2.93. The van der Waals surface area contributed by atoms with Gasteiger partial charge in [0.1, 0.15) is 10.8 Å². The highest BCUT2D eigenvalue weighted by atomic mass is 32.1. The first-order valence-corrected chi connectivity index (χ1v) is 9.73. The third kappa shape index (κ3) is 4.22. The number of anilines is 1. The first kappa shape index (κ1) is 18.4. The highest BCUT2D eigenvalue weighted by molar-refractivity contribution is 7.15. The number of furan rings is 1. The van der Waals surface area contributed by atoms with Gasteiger partial charge in [0, 0.05) is 17.8 Å². The Hall–Kier alpha value is -2.41. The van der Waals surface area contributed by atoms with Crippen molar-refractivity contribution in [1.29, 1.82) is 0 Å². The lowest BCUT2D eigenvalue weighted by Crippen LogP contribution is -2.13.